The van der Waals surface area contributed by atoms with E-state index in [9.17, 15) is 0 Å². The van der Waals surface area contributed by atoms with Crippen LogP contribution in [0.4, 0.5) is 0 Å². The van der Waals surface area contributed by atoms with Crippen molar-refractivity contribution < 1.29 is 20.1 Å². The Morgan fingerprint density at radius 2 is 1.35 bits per heavy atom. The number of aromatic nitrogens is 2. The van der Waals surface area contributed by atoms with Gasteiger partial charge in [-0.2, -0.15) is 0 Å². The molecule has 0 atom stereocenters. The average Bonchev–Trinajstić information content (AvgIpc) is 3.01. The zero-order valence-electron chi connectivity index (χ0n) is 13.9. The molecule has 4 heteroatoms. The van der Waals surface area contributed by atoms with E-state index in [2.05, 4.69) is 72.8 Å². The Morgan fingerprint density at radius 3 is 2.00 bits per heavy atom. The molecule has 0 amide bonds. The van der Waals surface area contributed by atoms with Gasteiger partial charge in [0.25, 0.3) is 0 Å². The van der Waals surface area contributed by atoms with Gasteiger partial charge in [-0.25, -0.2) is 0 Å². The number of pyridine rings is 2. The fourth-order valence-electron chi connectivity index (χ4n) is 3.99. The zero-order chi connectivity index (χ0) is 16.7. The summed E-state index contributed by atoms with van der Waals surface area (Å²) in [5.74, 6) is 0. The molecule has 1 aliphatic rings. The second-order valence-corrected chi connectivity index (χ2v) is 9.86. The standard InChI is InChI=1S/C22H15N2Si.Ir/c1-3-9-17(10-4-1)25(18-11-5-2-6-12-18)20-14-8-15-23-21(20)19-13-7-16-24-22(19)25;/h1-12,14-16H;/q-1;. The van der Waals surface area contributed by atoms with E-state index in [1.54, 1.807) is 0 Å². The third-order valence-corrected chi connectivity index (χ3v) is 9.66. The monoisotopic (exact) mass is 528 g/mol. The van der Waals surface area contributed by atoms with Gasteiger partial charge in [0.15, 0.2) is 0 Å². The molecule has 3 heterocycles. The number of benzene rings is 2. The van der Waals surface area contributed by atoms with Gasteiger partial charge in [0.2, 0.25) is 0 Å². The van der Waals surface area contributed by atoms with Crippen LogP contribution in [0.25, 0.3) is 11.3 Å². The van der Waals surface area contributed by atoms with Crippen molar-refractivity contribution in [2.45, 2.75) is 0 Å². The number of fused-ring (bicyclic) bond motifs is 3. The first kappa shape index (κ1) is 17.0. The first-order valence-electron chi connectivity index (χ1n) is 8.36. The van der Waals surface area contributed by atoms with Gasteiger partial charge < -0.3 is 9.97 Å². The van der Waals surface area contributed by atoms with Crippen molar-refractivity contribution in [1.29, 1.82) is 0 Å². The maximum absolute atomic E-state index is 4.87. The van der Waals surface area contributed by atoms with Crippen LogP contribution in [0.3, 0.4) is 0 Å². The molecule has 4 aromatic rings. The van der Waals surface area contributed by atoms with E-state index < -0.39 is 8.07 Å². The summed E-state index contributed by atoms with van der Waals surface area (Å²) in [6.45, 7) is 0. The summed E-state index contributed by atoms with van der Waals surface area (Å²) in [5, 5.41) is 5.11. The summed E-state index contributed by atoms with van der Waals surface area (Å²) >= 11 is 0. The Labute approximate surface area is 167 Å². The van der Waals surface area contributed by atoms with E-state index in [-0.39, 0.29) is 20.1 Å². The third kappa shape index (κ3) is 2.27. The van der Waals surface area contributed by atoms with E-state index in [4.69, 9.17) is 9.97 Å². The van der Waals surface area contributed by atoms with Gasteiger partial charge in [0.05, 0.1) is 0 Å². The molecule has 0 bridgehead atoms. The first-order valence-corrected chi connectivity index (χ1v) is 10.4. The quantitative estimate of drug-likeness (QED) is 0.258. The molecule has 1 aliphatic heterocycles. The molecule has 0 saturated heterocycles. The molecule has 2 aromatic carbocycles. The van der Waals surface area contributed by atoms with Crippen LogP contribution in [-0.4, -0.2) is 18.0 Å². The van der Waals surface area contributed by atoms with Gasteiger partial charge in [-0.1, -0.05) is 88.5 Å². The minimum Gasteiger partial charge on any atom is -0.358 e. The van der Waals surface area contributed by atoms with Crippen LogP contribution in [0.1, 0.15) is 0 Å². The Kier molecular flexibility index (Phi) is 4.41. The van der Waals surface area contributed by atoms with Crippen molar-refractivity contribution in [3.05, 3.63) is 97.3 Å². The number of nitrogens with zero attached hydrogens (tertiary/aromatic N) is 2. The normalized spacial score (nSPS) is 13.4. The predicted octanol–water partition coefficient (Wildman–Crippen LogP) is 1.63. The number of rotatable bonds is 2. The molecule has 0 fully saturated rings. The topological polar surface area (TPSA) is 25.8 Å². The molecule has 5 rings (SSSR count). The summed E-state index contributed by atoms with van der Waals surface area (Å²) in [6.07, 6.45) is 3.72. The molecule has 0 unspecified atom stereocenters. The summed E-state index contributed by atoms with van der Waals surface area (Å²) in [6, 6.07) is 31.1. The Bertz CT molecular complexity index is 965. The fraction of sp³-hybridized carbons (Fsp3) is 0. The minimum absolute atomic E-state index is 0. The van der Waals surface area contributed by atoms with Crippen LogP contribution >= 0.6 is 0 Å². The Morgan fingerprint density at radius 1 is 0.692 bits per heavy atom. The van der Waals surface area contributed by atoms with Gasteiger partial charge >= 0.3 is 0 Å². The molecule has 26 heavy (non-hydrogen) atoms. The fourth-order valence-corrected chi connectivity index (χ4v) is 8.86. The van der Waals surface area contributed by atoms with E-state index >= 15 is 0 Å². The summed E-state index contributed by atoms with van der Waals surface area (Å²) in [4.78, 5) is 9.58. The van der Waals surface area contributed by atoms with Gasteiger partial charge in [-0.15, -0.1) is 17.7 Å². The summed E-state index contributed by atoms with van der Waals surface area (Å²) in [7, 11) is -2.43. The van der Waals surface area contributed by atoms with Crippen LogP contribution in [0, 0.1) is 6.07 Å². The van der Waals surface area contributed by atoms with Crippen molar-refractivity contribution in [1.82, 2.24) is 9.97 Å². The van der Waals surface area contributed by atoms with Crippen LogP contribution < -0.4 is 20.9 Å². The first-order chi connectivity index (χ1) is 12.4. The maximum Gasteiger partial charge on any atom is 0.146 e. The van der Waals surface area contributed by atoms with Crippen LogP contribution in [0.15, 0.2) is 91.3 Å². The van der Waals surface area contributed by atoms with Crippen LogP contribution in [0.5, 0.6) is 0 Å². The number of hydrogen-bond acceptors (Lipinski definition) is 2. The Hall–Kier alpha value is -2.39. The number of hydrogen-bond donors (Lipinski definition) is 0. The second-order valence-electron chi connectivity index (χ2n) is 6.19. The van der Waals surface area contributed by atoms with Crippen molar-refractivity contribution in [3.8, 4) is 11.3 Å². The van der Waals surface area contributed by atoms with E-state index in [1.165, 1.54) is 15.6 Å². The molecular formula is C22H15IrN2Si-. The average molecular weight is 528 g/mol. The third-order valence-electron chi connectivity index (χ3n) is 4.96. The summed E-state index contributed by atoms with van der Waals surface area (Å²) in [5.41, 5.74) is 2.09. The van der Waals surface area contributed by atoms with Crippen LogP contribution in [-0.2, 0) is 20.1 Å². The Balaban J connectivity index is 0.00000168. The van der Waals surface area contributed by atoms with Gasteiger partial charge in [-0.3, -0.25) is 0 Å². The largest absolute Gasteiger partial charge is 0.358 e. The maximum atomic E-state index is 4.87. The van der Waals surface area contributed by atoms with Crippen molar-refractivity contribution in [3.63, 3.8) is 0 Å². The molecule has 2 aromatic heterocycles. The smallest absolute Gasteiger partial charge is 0.146 e. The van der Waals surface area contributed by atoms with Crippen LogP contribution in [0.2, 0.25) is 0 Å². The molecular weight excluding hydrogens is 513 g/mol. The molecule has 0 N–H and O–H groups in total. The van der Waals surface area contributed by atoms with E-state index in [0.717, 1.165) is 16.6 Å². The van der Waals surface area contributed by atoms with Crippen molar-refractivity contribution in [2.75, 3.05) is 0 Å². The van der Waals surface area contributed by atoms with Gasteiger partial charge in [0.1, 0.15) is 8.07 Å². The molecule has 0 spiro atoms. The molecule has 1 radical (unpaired) electrons. The van der Waals surface area contributed by atoms with E-state index in [1.807, 2.05) is 24.5 Å². The van der Waals surface area contributed by atoms with Gasteiger partial charge in [-0.05, 0) is 17.1 Å². The zero-order valence-corrected chi connectivity index (χ0v) is 17.3. The predicted molar refractivity (Wildman–Crippen MR) is 103 cm³/mol. The van der Waals surface area contributed by atoms with Crippen molar-refractivity contribution >= 4 is 29.0 Å². The molecule has 0 saturated carbocycles. The SMILES string of the molecule is [Ir].[c-]1ccnc2c1-c1ncccc1[Si]2(c1ccccc1)c1ccccc1. The van der Waals surface area contributed by atoms with E-state index in [0.29, 0.717) is 0 Å². The summed E-state index contributed by atoms with van der Waals surface area (Å²) < 4.78 is 0. The van der Waals surface area contributed by atoms with Crippen molar-refractivity contribution in [2.24, 2.45) is 0 Å². The molecule has 2 nitrogen and oxygen atoms in total. The van der Waals surface area contributed by atoms with Gasteiger partial charge in [0, 0.05) is 26.3 Å². The second kappa shape index (κ2) is 6.73. The molecule has 0 aliphatic carbocycles. The minimum atomic E-state index is -2.43. The molecule has 127 valence electrons.